The van der Waals surface area contributed by atoms with Crippen LogP contribution in [-0.4, -0.2) is 23.3 Å². The normalized spacial score (nSPS) is 29.6. The van der Waals surface area contributed by atoms with Gasteiger partial charge in [0.1, 0.15) is 12.4 Å². The first-order valence-corrected chi connectivity index (χ1v) is 7.23. The molecule has 0 aromatic heterocycles. The van der Waals surface area contributed by atoms with Crippen molar-refractivity contribution in [1.29, 1.82) is 0 Å². The molecule has 0 unspecified atom stereocenters. The molecule has 1 amide bonds. The molecule has 1 fully saturated rings. The molecule has 1 aromatic carbocycles. The smallest absolute Gasteiger partial charge is 0.407 e. The van der Waals surface area contributed by atoms with E-state index in [2.05, 4.69) is 21.2 Å². The maximum absolute atomic E-state index is 11.3. The zero-order valence-electron chi connectivity index (χ0n) is 10.7. The molecule has 4 nitrogen and oxygen atoms in total. The van der Waals surface area contributed by atoms with Crippen molar-refractivity contribution in [3.05, 3.63) is 27.7 Å². The Morgan fingerprint density at radius 2 is 2.32 bits per heavy atom. The van der Waals surface area contributed by atoms with Gasteiger partial charge in [-0.25, -0.2) is 4.79 Å². The summed E-state index contributed by atoms with van der Waals surface area (Å²) in [7, 11) is 0. The lowest BCUT2D eigenvalue weighted by molar-refractivity contribution is 0.161. The third-order valence-corrected chi connectivity index (χ3v) is 5.21. The number of phenolic OH excluding ortho intramolecular Hbond substituents is 1. The van der Waals surface area contributed by atoms with Crippen molar-refractivity contribution >= 4 is 22.0 Å². The molecule has 5 heteroatoms. The van der Waals surface area contributed by atoms with E-state index in [1.807, 2.05) is 13.0 Å². The van der Waals surface area contributed by atoms with Crippen LogP contribution in [0.3, 0.4) is 0 Å². The molecule has 0 spiro atoms. The molecule has 2 atom stereocenters. The van der Waals surface area contributed by atoms with E-state index >= 15 is 0 Å². The molecule has 1 aromatic rings. The minimum atomic E-state index is -0.319. The monoisotopic (exact) mass is 325 g/mol. The highest BCUT2D eigenvalue weighted by atomic mass is 79.9. The van der Waals surface area contributed by atoms with Gasteiger partial charge in [-0.2, -0.15) is 0 Å². The molecular weight excluding hydrogens is 310 g/mol. The number of carbonyl (C=O) groups excluding carboxylic acids is 1. The van der Waals surface area contributed by atoms with Gasteiger partial charge in [0.25, 0.3) is 0 Å². The van der Waals surface area contributed by atoms with Crippen LogP contribution >= 0.6 is 15.9 Å². The molecule has 0 bridgehead atoms. The van der Waals surface area contributed by atoms with Crippen LogP contribution in [0.25, 0.3) is 0 Å². The van der Waals surface area contributed by atoms with Gasteiger partial charge in [0.2, 0.25) is 0 Å². The van der Waals surface area contributed by atoms with Crippen LogP contribution in [0.1, 0.15) is 24.5 Å². The highest BCUT2D eigenvalue weighted by molar-refractivity contribution is 9.10. The molecule has 1 heterocycles. The van der Waals surface area contributed by atoms with Gasteiger partial charge in [0, 0.05) is 0 Å². The second-order valence-electron chi connectivity index (χ2n) is 5.59. The molecular formula is C14H16BrNO3. The minimum Gasteiger partial charge on any atom is -0.507 e. The predicted molar refractivity (Wildman–Crippen MR) is 74.2 cm³/mol. The molecule has 2 N–H and O–H groups in total. The summed E-state index contributed by atoms with van der Waals surface area (Å²) in [6.45, 7) is 2.48. The quantitative estimate of drug-likeness (QED) is 0.834. The van der Waals surface area contributed by atoms with Gasteiger partial charge in [0.15, 0.2) is 0 Å². The van der Waals surface area contributed by atoms with E-state index in [0.717, 1.165) is 23.7 Å². The zero-order valence-corrected chi connectivity index (χ0v) is 12.3. The van der Waals surface area contributed by atoms with Crippen molar-refractivity contribution in [1.82, 2.24) is 5.32 Å². The fourth-order valence-electron chi connectivity index (χ4n) is 3.08. The Morgan fingerprint density at radius 3 is 3.00 bits per heavy atom. The summed E-state index contributed by atoms with van der Waals surface area (Å²) < 4.78 is 5.86. The highest BCUT2D eigenvalue weighted by Gasteiger charge is 2.43. The predicted octanol–water partition coefficient (Wildman–Crippen LogP) is 2.76. The zero-order chi connectivity index (χ0) is 13.6. The number of benzene rings is 1. The van der Waals surface area contributed by atoms with Crippen molar-refractivity contribution in [3.8, 4) is 5.75 Å². The number of ether oxygens (including phenoxy) is 1. The number of rotatable bonds is 1. The summed E-state index contributed by atoms with van der Waals surface area (Å²) in [5.74, 6) is 0.656. The highest BCUT2D eigenvalue weighted by Crippen LogP contribution is 2.39. The summed E-state index contributed by atoms with van der Waals surface area (Å²) in [6.07, 6.45) is 2.46. The third-order valence-electron chi connectivity index (χ3n) is 4.32. The number of phenols is 1. The molecule has 0 saturated carbocycles. The van der Waals surface area contributed by atoms with Crippen molar-refractivity contribution in [3.63, 3.8) is 0 Å². The molecule has 19 heavy (non-hydrogen) atoms. The van der Waals surface area contributed by atoms with Gasteiger partial charge >= 0.3 is 6.09 Å². The van der Waals surface area contributed by atoms with E-state index in [4.69, 9.17) is 4.74 Å². The number of fused-ring (bicyclic) bond motifs is 1. The summed E-state index contributed by atoms with van der Waals surface area (Å²) in [6, 6.07) is 3.69. The molecule has 102 valence electrons. The Bertz CT molecular complexity index is 546. The van der Waals surface area contributed by atoms with Gasteiger partial charge < -0.3 is 15.2 Å². The van der Waals surface area contributed by atoms with E-state index in [1.165, 1.54) is 11.1 Å². The Morgan fingerprint density at radius 1 is 1.53 bits per heavy atom. The standard InChI is InChI=1S/C14H16BrNO3/c1-14(7-19-13(18)16-14)9-3-4-10-8(6-9)2-5-11(17)12(10)15/h2,5,9,17H,3-4,6-7H2,1H3,(H,16,18)/t9-,14+/m0/s1. The van der Waals surface area contributed by atoms with E-state index in [0.29, 0.717) is 18.3 Å². The summed E-state index contributed by atoms with van der Waals surface area (Å²) in [5, 5.41) is 12.6. The Labute approximate surface area is 120 Å². The van der Waals surface area contributed by atoms with Crippen LogP contribution in [0.5, 0.6) is 5.75 Å². The molecule has 1 aliphatic carbocycles. The number of aromatic hydroxyl groups is 1. The van der Waals surface area contributed by atoms with Crippen molar-refractivity contribution < 1.29 is 14.6 Å². The van der Waals surface area contributed by atoms with Crippen molar-refractivity contribution in [2.24, 2.45) is 5.92 Å². The number of amides is 1. The van der Waals surface area contributed by atoms with Crippen LogP contribution in [-0.2, 0) is 17.6 Å². The van der Waals surface area contributed by atoms with Crippen LogP contribution in [0.4, 0.5) is 4.79 Å². The van der Waals surface area contributed by atoms with Gasteiger partial charge in [-0.1, -0.05) is 6.07 Å². The first-order valence-electron chi connectivity index (χ1n) is 6.44. The van der Waals surface area contributed by atoms with Crippen molar-refractivity contribution in [2.45, 2.75) is 31.7 Å². The van der Waals surface area contributed by atoms with Crippen LogP contribution in [0.15, 0.2) is 16.6 Å². The number of cyclic esters (lactones) is 1. The van der Waals surface area contributed by atoms with E-state index in [1.54, 1.807) is 6.07 Å². The van der Waals surface area contributed by atoms with E-state index in [-0.39, 0.29) is 11.6 Å². The lowest BCUT2D eigenvalue weighted by Crippen LogP contribution is -2.49. The fraction of sp³-hybridized carbons (Fsp3) is 0.500. The largest absolute Gasteiger partial charge is 0.507 e. The maximum Gasteiger partial charge on any atom is 0.407 e. The molecule has 1 saturated heterocycles. The first-order chi connectivity index (χ1) is 8.99. The maximum atomic E-state index is 11.3. The number of hydrogen-bond donors (Lipinski definition) is 2. The second kappa shape index (κ2) is 4.40. The number of alkyl carbamates (subject to hydrolysis) is 1. The molecule has 1 aliphatic heterocycles. The molecule has 3 rings (SSSR count). The first kappa shape index (κ1) is 12.8. The van der Waals surface area contributed by atoms with Crippen molar-refractivity contribution in [2.75, 3.05) is 6.61 Å². The van der Waals surface area contributed by atoms with Gasteiger partial charge in [-0.3, -0.25) is 0 Å². The lowest BCUT2D eigenvalue weighted by atomic mass is 9.74. The average molecular weight is 326 g/mol. The molecule has 2 aliphatic rings. The summed E-state index contributed by atoms with van der Waals surface area (Å²) in [5.41, 5.74) is 2.15. The molecule has 0 radical (unpaired) electrons. The minimum absolute atomic E-state index is 0.279. The summed E-state index contributed by atoms with van der Waals surface area (Å²) in [4.78, 5) is 11.3. The third kappa shape index (κ3) is 2.10. The van der Waals surface area contributed by atoms with Crippen LogP contribution < -0.4 is 5.32 Å². The number of carbonyl (C=O) groups is 1. The fourth-order valence-corrected chi connectivity index (χ4v) is 3.67. The topological polar surface area (TPSA) is 58.6 Å². The van der Waals surface area contributed by atoms with Gasteiger partial charge in [0.05, 0.1) is 10.0 Å². The Hall–Kier alpha value is -1.23. The Balaban J connectivity index is 1.87. The number of hydrogen-bond acceptors (Lipinski definition) is 3. The Kier molecular flexibility index (Phi) is 2.96. The van der Waals surface area contributed by atoms with Gasteiger partial charge in [-0.15, -0.1) is 0 Å². The van der Waals surface area contributed by atoms with E-state index < -0.39 is 0 Å². The lowest BCUT2D eigenvalue weighted by Gasteiger charge is -2.36. The SMILES string of the molecule is C[C@]1([C@H]2CCc3c(ccc(O)c3Br)C2)COC(=O)N1. The van der Waals surface area contributed by atoms with Crippen LogP contribution in [0, 0.1) is 5.92 Å². The van der Waals surface area contributed by atoms with E-state index in [9.17, 15) is 9.90 Å². The number of nitrogens with one attached hydrogen (secondary N) is 1. The van der Waals surface area contributed by atoms with Crippen LogP contribution in [0.2, 0.25) is 0 Å². The average Bonchev–Trinajstić information content (AvgIpc) is 2.75. The number of halogens is 1. The van der Waals surface area contributed by atoms with Gasteiger partial charge in [-0.05, 0) is 65.2 Å². The summed E-state index contributed by atoms with van der Waals surface area (Å²) >= 11 is 3.45. The second-order valence-corrected chi connectivity index (χ2v) is 6.39.